The lowest BCUT2D eigenvalue weighted by molar-refractivity contribution is 0.0537. The highest BCUT2D eigenvalue weighted by Gasteiger charge is 2.40. The van der Waals surface area contributed by atoms with Crippen LogP contribution in [-0.2, 0) is 0 Å². The largest absolute Gasteiger partial charge is 0.394 e. The second kappa shape index (κ2) is 3.96. The van der Waals surface area contributed by atoms with E-state index in [0.717, 1.165) is 16.0 Å². The number of aliphatic hydroxyl groups is 1. The van der Waals surface area contributed by atoms with Crippen molar-refractivity contribution in [3.63, 3.8) is 0 Å². The molecule has 4 heteroatoms. The summed E-state index contributed by atoms with van der Waals surface area (Å²) in [6.07, 6.45) is 0. The summed E-state index contributed by atoms with van der Waals surface area (Å²) in [5.41, 5.74) is 2.57. The first-order valence-corrected chi connectivity index (χ1v) is 5.58. The number of hydrogen-bond donors (Lipinski definition) is 1. The smallest absolute Gasteiger partial charge is 0.262 e. The molecule has 1 aromatic carbocycles. The first-order chi connectivity index (χ1) is 7.99. The van der Waals surface area contributed by atoms with E-state index < -0.39 is 6.04 Å². The summed E-state index contributed by atoms with van der Waals surface area (Å²) in [4.78, 5) is 25.5. The predicted octanol–water partition coefficient (Wildman–Crippen LogP) is 1.28. The fourth-order valence-electron chi connectivity index (χ4n) is 2.18. The van der Waals surface area contributed by atoms with Crippen LogP contribution in [0.1, 0.15) is 38.8 Å². The molecule has 0 unspecified atom stereocenters. The van der Waals surface area contributed by atoms with E-state index in [1.165, 1.54) is 0 Å². The van der Waals surface area contributed by atoms with E-state index in [2.05, 4.69) is 0 Å². The second-order valence-corrected chi connectivity index (χ2v) is 4.46. The predicted molar refractivity (Wildman–Crippen MR) is 63.0 cm³/mol. The third kappa shape index (κ3) is 1.56. The van der Waals surface area contributed by atoms with Crippen molar-refractivity contribution >= 4 is 11.8 Å². The Balaban J connectivity index is 2.61. The Bertz CT molecular complexity index is 467. The van der Waals surface area contributed by atoms with E-state index in [9.17, 15) is 9.59 Å². The molecule has 0 aliphatic carbocycles. The van der Waals surface area contributed by atoms with Crippen molar-refractivity contribution in [3.05, 3.63) is 34.4 Å². The highest BCUT2D eigenvalue weighted by molar-refractivity contribution is 6.22. The van der Waals surface area contributed by atoms with E-state index in [1.54, 1.807) is 6.92 Å². The van der Waals surface area contributed by atoms with E-state index in [-0.39, 0.29) is 18.4 Å². The van der Waals surface area contributed by atoms with Crippen molar-refractivity contribution in [3.8, 4) is 0 Å². The van der Waals surface area contributed by atoms with Gasteiger partial charge in [-0.05, 0) is 31.9 Å². The molecule has 1 atom stereocenters. The minimum atomic E-state index is -0.485. The van der Waals surface area contributed by atoms with Gasteiger partial charge in [-0.3, -0.25) is 14.5 Å². The summed E-state index contributed by atoms with van der Waals surface area (Å²) in [5, 5.41) is 9.10. The average Bonchev–Trinajstić information content (AvgIpc) is 2.56. The van der Waals surface area contributed by atoms with E-state index in [1.807, 2.05) is 26.0 Å². The molecule has 1 aromatic rings. The molecule has 0 spiro atoms. The van der Waals surface area contributed by atoms with Crippen LogP contribution < -0.4 is 0 Å². The van der Waals surface area contributed by atoms with Crippen LogP contribution >= 0.6 is 0 Å². The van der Waals surface area contributed by atoms with Crippen LogP contribution in [0.15, 0.2) is 12.1 Å². The summed E-state index contributed by atoms with van der Waals surface area (Å²) in [6.45, 7) is 5.07. The number of aryl methyl sites for hydroxylation is 2. The van der Waals surface area contributed by atoms with Crippen molar-refractivity contribution in [2.24, 2.45) is 0 Å². The number of fused-ring (bicyclic) bond motifs is 1. The van der Waals surface area contributed by atoms with Gasteiger partial charge in [0, 0.05) is 0 Å². The summed E-state index contributed by atoms with van der Waals surface area (Å²) in [5.74, 6) is -0.597. The number of carbonyl (C=O) groups is 2. The van der Waals surface area contributed by atoms with Crippen LogP contribution in [-0.4, -0.2) is 34.5 Å². The van der Waals surface area contributed by atoms with Crippen LogP contribution in [0, 0.1) is 13.8 Å². The number of hydrogen-bond acceptors (Lipinski definition) is 3. The Labute approximate surface area is 99.9 Å². The van der Waals surface area contributed by atoms with Crippen LogP contribution in [0.3, 0.4) is 0 Å². The lowest BCUT2D eigenvalue weighted by Crippen LogP contribution is -2.40. The first kappa shape index (κ1) is 11.8. The number of carbonyl (C=O) groups excluding carboxylic acids is 2. The normalized spacial score (nSPS) is 16.4. The highest BCUT2D eigenvalue weighted by atomic mass is 16.3. The van der Waals surface area contributed by atoms with Crippen molar-refractivity contribution < 1.29 is 14.7 Å². The third-order valence-corrected chi connectivity index (χ3v) is 3.19. The van der Waals surface area contributed by atoms with E-state index in [0.29, 0.717) is 11.1 Å². The second-order valence-electron chi connectivity index (χ2n) is 4.46. The zero-order valence-corrected chi connectivity index (χ0v) is 10.2. The molecule has 0 radical (unpaired) electrons. The molecule has 1 aliphatic rings. The Morgan fingerprint density at radius 3 is 1.88 bits per heavy atom. The average molecular weight is 233 g/mol. The van der Waals surface area contributed by atoms with Crippen molar-refractivity contribution in [2.75, 3.05) is 6.61 Å². The molecule has 0 aromatic heterocycles. The molecule has 2 rings (SSSR count). The Hall–Kier alpha value is -1.68. The van der Waals surface area contributed by atoms with Crippen molar-refractivity contribution in [1.82, 2.24) is 4.90 Å². The van der Waals surface area contributed by atoms with E-state index >= 15 is 0 Å². The number of amides is 2. The van der Waals surface area contributed by atoms with Gasteiger partial charge in [-0.25, -0.2) is 0 Å². The molecule has 2 amide bonds. The first-order valence-electron chi connectivity index (χ1n) is 5.58. The maximum absolute atomic E-state index is 12.2. The number of aliphatic hydroxyl groups excluding tert-OH is 1. The Kier molecular flexibility index (Phi) is 2.75. The molecule has 1 aliphatic heterocycles. The van der Waals surface area contributed by atoms with Gasteiger partial charge in [0.05, 0.1) is 23.8 Å². The highest BCUT2D eigenvalue weighted by Crippen LogP contribution is 2.29. The summed E-state index contributed by atoms with van der Waals surface area (Å²) in [6, 6.07) is 3.19. The maximum Gasteiger partial charge on any atom is 0.262 e. The van der Waals surface area contributed by atoms with Gasteiger partial charge in [0.25, 0.3) is 11.8 Å². The molecule has 0 saturated heterocycles. The molecular weight excluding hydrogens is 218 g/mol. The van der Waals surface area contributed by atoms with Gasteiger partial charge in [-0.2, -0.15) is 0 Å². The molecule has 0 saturated carbocycles. The fraction of sp³-hybridized carbons (Fsp3) is 0.385. The van der Waals surface area contributed by atoms with Gasteiger partial charge in [-0.15, -0.1) is 0 Å². The zero-order chi connectivity index (χ0) is 12.7. The topological polar surface area (TPSA) is 57.6 Å². The monoisotopic (exact) mass is 233 g/mol. The molecule has 90 valence electrons. The van der Waals surface area contributed by atoms with Crippen LogP contribution in [0.4, 0.5) is 0 Å². The van der Waals surface area contributed by atoms with Gasteiger partial charge < -0.3 is 5.11 Å². The number of benzene rings is 1. The minimum absolute atomic E-state index is 0.219. The summed E-state index contributed by atoms with van der Waals surface area (Å²) in [7, 11) is 0. The van der Waals surface area contributed by atoms with Gasteiger partial charge in [0.2, 0.25) is 0 Å². The Morgan fingerprint density at radius 2 is 1.53 bits per heavy atom. The Morgan fingerprint density at radius 1 is 1.12 bits per heavy atom. The molecule has 0 fully saturated rings. The number of nitrogens with zero attached hydrogens (tertiary/aromatic N) is 1. The zero-order valence-electron chi connectivity index (χ0n) is 10.2. The molecule has 1 N–H and O–H groups in total. The van der Waals surface area contributed by atoms with Gasteiger partial charge >= 0.3 is 0 Å². The van der Waals surface area contributed by atoms with E-state index in [4.69, 9.17) is 5.11 Å². The van der Waals surface area contributed by atoms with Gasteiger partial charge in [0.1, 0.15) is 0 Å². The van der Waals surface area contributed by atoms with Gasteiger partial charge in [-0.1, -0.05) is 12.1 Å². The number of imide groups is 1. The quantitative estimate of drug-likeness (QED) is 0.783. The lowest BCUT2D eigenvalue weighted by atomic mass is 9.99. The SMILES string of the molecule is Cc1ccc(C)c2c1C(=O)N([C@H](C)CO)C2=O. The molecule has 1 heterocycles. The van der Waals surface area contributed by atoms with Crippen LogP contribution in [0.25, 0.3) is 0 Å². The summed E-state index contributed by atoms with van der Waals surface area (Å²) >= 11 is 0. The third-order valence-electron chi connectivity index (χ3n) is 3.19. The van der Waals surface area contributed by atoms with Crippen molar-refractivity contribution in [2.45, 2.75) is 26.8 Å². The standard InChI is InChI=1S/C13H15NO3/c1-7-4-5-8(2)11-10(7)12(16)14(13(11)17)9(3)6-15/h4-5,9,15H,6H2,1-3H3/t9-/m1/s1. The van der Waals surface area contributed by atoms with Crippen LogP contribution in [0.5, 0.6) is 0 Å². The number of rotatable bonds is 2. The molecule has 17 heavy (non-hydrogen) atoms. The molecule has 0 bridgehead atoms. The van der Waals surface area contributed by atoms with Gasteiger partial charge in [0.15, 0.2) is 0 Å². The fourth-order valence-corrected chi connectivity index (χ4v) is 2.18. The minimum Gasteiger partial charge on any atom is -0.394 e. The molecule has 4 nitrogen and oxygen atoms in total. The van der Waals surface area contributed by atoms with Crippen molar-refractivity contribution in [1.29, 1.82) is 0 Å². The van der Waals surface area contributed by atoms with Crippen LogP contribution in [0.2, 0.25) is 0 Å². The molecular formula is C13H15NO3. The maximum atomic E-state index is 12.2. The lowest BCUT2D eigenvalue weighted by Gasteiger charge is -2.20. The summed E-state index contributed by atoms with van der Waals surface area (Å²) < 4.78 is 0.